The third-order valence-corrected chi connectivity index (χ3v) is 5.25. The summed E-state index contributed by atoms with van der Waals surface area (Å²) >= 11 is 0. The Morgan fingerprint density at radius 2 is 1.42 bits per heavy atom. The molecule has 5 nitrogen and oxygen atoms in total. The summed E-state index contributed by atoms with van der Waals surface area (Å²) in [7, 11) is 0. The normalized spacial score (nSPS) is 10.6. The molecule has 36 heavy (non-hydrogen) atoms. The van der Waals surface area contributed by atoms with Crippen LogP contribution in [0.4, 0.5) is 4.39 Å². The van der Waals surface area contributed by atoms with Crippen molar-refractivity contribution in [3.05, 3.63) is 96.3 Å². The smallest absolute Gasteiger partial charge is 0.338 e. The molecule has 0 aromatic heterocycles. The van der Waals surface area contributed by atoms with E-state index in [9.17, 15) is 14.0 Å². The molecule has 0 spiro atoms. The number of benzene rings is 3. The largest absolute Gasteiger partial charge is 0.423 e. The predicted octanol–water partition coefficient (Wildman–Crippen LogP) is 7.05. The van der Waals surface area contributed by atoms with Crippen LogP contribution in [0.3, 0.4) is 0 Å². The Bertz CT molecular complexity index is 1290. The minimum atomic E-state index is -0.680. The summed E-state index contributed by atoms with van der Waals surface area (Å²) in [6.07, 6.45) is 0.872. The molecule has 186 valence electrons. The third kappa shape index (κ3) is 6.77. The molecule has 0 aliphatic rings. The van der Waals surface area contributed by atoms with Crippen molar-refractivity contribution >= 4 is 11.9 Å². The number of esters is 2. The zero-order chi connectivity index (χ0) is 26.2. The highest BCUT2D eigenvalue weighted by Gasteiger charge is 2.14. The van der Waals surface area contributed by atoms with Crippen molar-refractivity contribution in [3.63, 3.8) is 0 Å². The average molecular weight is 489 g/mol. The van der Waals surface area contributed by atoms with E-state index >= 15 is 0 Å². The second-order valence-corrected chi connectivity index (χ2v) is 8.43. The molecule has 0 amide bonds. The Morgan fingerprint density at radius 3 is 2.03 bits per heavy atom. The molecule has 0 fully saturated rings. The van der Waals surface area contributed by atoms with Crippen LogP contribution in [0.15, 0.2) is 85.0 Å². The van der Waals surface area contributed by atoms with Gasteiger partial charge in [-0.15, -0.1) is 0 Å². The van der Waals surface area contributed by atoms with Crippen molar-refractivity contribution < 1.29 is 28.2 Å². The fourth-order valence-corrected chi connectivity index (χ4v) is 3.35. The first-order valence-electron chi connectivity index (χ1n) is 11.6. The van der Waals surface area contributed by atoms with Gasteiger partial charge in [0.05, 0.1) is 6.61 Å². The van der Waals surface area contributed by atoms with E-state index in [2.05, 4.69) is 13.2 Å². The molecule has 3 rings (SSSR count). The minimum Gasteiger partial charge on any atom is -0.423 e. The van der Waals surface area contributed by atoms with Crippen molar-refractivity contribution in [1.29, 1.82) is 0 Å². The Kier molecular flexibility index (Phi) is 8.92. The molecule has 0 aliphatic carbocycles. The van der Waals surface area contributed by atoms with E-state index in [1.165, 1.54) is 19.1 Å². The van der Waals surface area contributed by atoms with Gasteiger partial charge in [0.25, 0.3) is 0 Å². The Labute approximate surface area is 210 Å². The van der Waals surface area contributed by atoms with Crippen LogP contribution in [-0.2, 0) is 20.9 Å². The summed E-state index contributed by atoms with van der Waals surface area (Å²) in [5.74, 6) is -1.53. The lowest BCUT2D eigenvalue weighted by molar-refractivity contribution is -0.131. The van der Waals surface area contributed by atoms with E-state index in [1.807, 2.05) is 37.3 Å². The average Bonchev–Trinajstić information content (AvgIpc) is 2.85. The number of carbonyl (C=O) groups excluding carboxylic acids is 2. The summed E-state index contributed by atoms with van der Waals surface area (Å²) in [4.78, 5) is 23.5. The molecule has 6 heteroatoms. The molecule has 0 aliphatic heterocycles. The monoisotopic (exact) mass is 488 g/mol. The van der Waals surface area contributed by atoms with Crippen LogP contribution < -0.4 is 9.47 Å². The quantitative estimate of drug-likeness (QED) is 0.132. The maximum absolute atomic E-state index is 14.7. The Balaban J connectivity index is 1.91. The van der Waals surface area contributed by atoms with Crippen molar-refractivity contribution in [3.8, 4) is 33.8 Å². The molecule has 0 saturated heterocycles. The van der Waals surface area contributed by atoms with Crippen LogP contribution in [0.2, 0.25) is 0 Å². The highest BCUT2D eigenvalue weighted by Crippen LogP contribution is 2.33. The second-order valence-electron chi connectivity index (χ2n) is 8.43. The summed E-state index contributed by atoms with van der Waals surface area (Å²) in [6, 6.07) is 17.5. The van der Waals surface area contributed by atoms with Crippen molar-refractivity contribution in [2.75, 3.05) is 6.61 Å². The molecular formula is C30H29FO5. The van der Waals surface area contributed by atoms with Crippen LogP contribution in [0.5, 0.6) is 11.5 Å². The number of hydrogen-bond donors (Lipinski definition) is 0. The van der Waals surface area contributed by atoms with Gasteiger partial charge in [-0.25, -0.2) is 14.0 Å². The fraction of sp³-hybridized carbons (Fsp3) is 0.200. The van der Waals surface area contributed by atoms with Gasteiger partial charge in [-0.05, 0) is 78.4 Å². The van der Waals surface area contributed by atoms with Crippen LogP contribution in [-0.4, -0.2) is 18.5 Å². The third-order valence-electron chi connectivity index (χ3n) is 5.25. The zero-order valence-corrected chi connectivity index (χ0v) is 20.7. The second kappa shape index (κ2) is 12.1. The molecule has 0 atom stereocenters. The lowest BCUT2D eigenvalue weighted by Gasteiger charge is -2.14. The molecule has 0 radical (unpaired) electrons. The van der Waals surface area contributed by atoms with Gasteiger partial charge in [0.15, 0.2) is 11.6 Å². The van der Waals surface area contributed by atoms with Crippen molar-refractivity contribution in [2.24, 2.45) is 0 Å². The SMILES string of the molecule is C=C(C)C(=O)Oc1ccc(-c2ccc(-c3ccc(OC(=O)C(=C)C)c(F)c3)c(COCCC)c2)cc1. The van der Waals surface area contributed by atoms with Crippen LogP contribution >= 0.6 is 0 Å². The van der Waals surface area contributed by atoms with Gasteiger partial charge in [0.2, 0.25) is 0 Å². The van der Waals surface area contributed by atoms with E-state index < -0.39 is 17.8 Å². The summed E-state index contributed by atoms with van der Waals surface area (Å²) < 4.78 is 30.9. The highest BCUT2D eigenvalue weighted by molar-refractivity contribution is 5.89. The van der Waals surface area contributed by atoms with Gasteiger partial charge in [0, 0.05) is 17.8 Å². The van der Waals surface area contributed by atoms with Crippen LogP contribution in [0, 0.1) is 5.82 Å². The van der Waals surface area contributed by atoms with E-state index in [1.54, 1.807) is 25.1 Å². The van der Waals surface area contributed by atoms with E-state index in [-0.39, 0.29) is 11.3 Å². The van der Waals surface area contributed by atoms with Crippen LogP contribution in [0.1, 0.15) is 32.8 Å². The predicted molar refractivity (Wildman–Crippen MR) is 138 cm³/mol. The van der Waals surface area contributed by atoms with Gasteiger partial charge in [-0.3, -0.25) is 0 Å². The topological polar surface area (TPSA) is 61.8 Å². The highest BCUT2D eigenvalue weighted by atomic mass is 19.1. The number of hydrogen-bond acceptors (Lipinski definition) is 5. The molecule has 0 N–H and O–H groups in total. The molecule has 0 saturated carbocycles. The van der Waals surface area contributed by atoms with Gasteiger partial charge in [0.1, 0.15) is 5.75 Å². The number of ether oxygens (including phenoxy) is 3. The van der Waals surface area contributed by atoms with Crippen LogP contribution in [0.25, 0.3) is 22.3 Å². The van der Waals surface area contributed by atoms with E-state index in [0.29, 0.717) is 30.1 Å². The first-order chi connectivity index (χ1) is 17.2. The lowest BCUT2D eigenvalue weighted by Crippen LogP contribution is -2.09. The van der Waals surface area contributed by atoms with Gasteiger partial charge in [-0.1, -0.05) is 50.4 Å². The molecule has 0 unspecified atom stereocenters. The summed E-state index contributed by atoms with van der Waals surface area (Å²) in [6.45, 7) is 13.2. The van der Waals surface area contributed by atoms with E-state index in [0.717, 1.165) is 28.7 Å². The van der Waals surface area contributed by atoms with Gasteiger partial charge in [-0.2, -0.15) is 0 Å². The maximum atomic E-state index is 14.7. The fourth-order valence-electron chi connectivity index (χ4n) is 3.35. The van der Waals surface area contributed by atoms with Crippen molar-refractivity contribution in [1.82, 2.24) is 0 Å². The minimum absolute atomic E-state index is 0.153. The van der Waals surface area contributed by atoms with Crippen molar-refractivity contribution in [2.45, 2.75) is 33.8 Å². The standard InChI is InChI=1S/C30H29FO5/c1-6-15-34-18-24-16-22(21-7-11-25(12-8-21)35-29(32)19(2)3)9-13-26(24)23-10-14-28(27(31)17-23)36-30(33)20(4)5/h7-14,16-17H,2,4,6,15,18H2,1,3,5H3. The number of rotatable bonds is 10. The van der Waals surface area contributed by atoms with E-state index in [4.69, 9.17) is 14.2 Å². The van der Waals surface area contributed by atoms with Gasteiger partial charge >= 0.3 is 11.9 Å². The lowest BCUT2D eigenvalue weighted by atomic mass is 9.95. The van der Waals surface area contributed by atoms with Gasteiger partial charge < -0.3 is 14.2 Å². The molecule has 3 aromatic rings. The number of halogens is 1. The molecule has 0 bridgehead atoms. The maximum Gasteiger partial charge on any atom is 0.338 e. The summed E-state index contributed by atoms with van der Waals surface area (Å²) in [5, 5.41) is 0. The Morgan fingerprint density at radius 1 is 0.806 bits per heavy atom. The first-order valence-corrected chi connectivity index (χ1v) is 11.6. The Hall–Kier alpha value is -4.03. The number of carbonyl (C=O) groups is 2. The molecule has 0 heterocycles. The molecular weight excluding hydrogens is 459 g/mol. The summed E-state index contributed by atoms with van der Waals surface area (Å²) in [5.41, 5.74) is 4.67. The first kappa shape index (κ1) is 26.6. The zero-order valence-electron chi connectivity index (χ0n) is 20.7. The molecule has 3 aromatic carbocycles.